The zero-order valence-corrected chi connectivity index (χ0v) is 11.0. The summed E-state index contributed by atoms with van der Waals surface area (Å²) in [6.07, 6.45) is 1.81. The molecule has 0 aliphatic heterocycles. The quantitative estimate of drug-likeness (QED) is 0.863. The smallest absolute Gasteiger partial charge is 0.253 e. The molecule has 5 heteroatoms. The highest BCUT2D eigenvalue weighted by Crippen LogP contribution is 2.16. The van der Waals surface area contributed by atoms with Gasteiger partial charge in [0.15, 0.2) is 0 Å². The van der Waals surface area contributed by atoms with Crippen LogP contribution in [0.15, 0.2) is 30.5 Å². The maximum absolute atomic E-state index is 12.0. The van der Waals surface area contributed by atoms with Crippen LogP contribution in [0.5, 0.6) is 0 Å². The van der Waals surface area contributed by atoms with Gasteiger partial charge in [-0.3, -0.25) is 9.00 Å². The van der Waals surface area contributed by atoms with Gasteiger partial charge in [0.05, 0.1) is 11.1 Å². The molecule has 4 nitrogen and oxygen atoms in total. The highest BCUT2D eigenvalue weighted by Gasteiger charge is 2.10. The van der Waals surface area contributed by atoms with Gasteiger partial charge >= 0.3 is 0 Å². The van der Waals surface area contributed by atoms with Gasteiger partial charge in [0.2, 0.25) is 0 Å². The third-order valence-electron chi connectivity index (χ3n) is 2.77. The van der Waals surface area contributed by atoms with Crippen LogP contribution in [0.2, 0.25) is 0 Å². The molecule has 1 aromatic carbocycles. The number of nitrogens with one attached hydrogen (secondary N) is 2. The van der Waals surface area contributed by atoms with Gasteiger partial charge < -0.3 is 10.3 Å². The third-order valence-corrected chi connectivity index (χ3v) is 4.07. The fourth-order valence-corrected chi connectivity index (χ4v) is 2.41. The molecule has 0 spiro atoms. The molecule has 1 heterocycles. The summed E-state index contributed by atoms with van der Waals surface area (Å²) in [7, 11) is -0.842. The van der Waals surface area contributed by atoms with E-state index in [9.17, 15) is 9.00 Å². The molecular formula is C13H16N2O2S. The van der Waals surface area contributed by atoms with E-state index in [2.05, 4.69) is 10.3 Å². The highest BCUT2D eigenvalue weighted by atomic mass is 32.2. The molecule has 1 aromatic heterocycles. The van der Waals surface area contributed by atoms with Gasteiger partial charge in [-0.05, 0) is 12.1 Å². The lowest BCUT2D eigenvalue weighted by Crippen LogP contribution is -2.28. The molecule has 18 heavy (non-hydrogen) atoms. The summed E-state index contributed by atoms with van der Waals surface area (Å²) >= 11 is 0. The van der Waals surface area contributed by atoms with E-state index in [1.165, 1.54) is 0 Å². The Hall–Kier alpha value is -1.62. The molecule has 0 radical (unpaired) electrons. The summed E-state index contributed by atoms with van der Waals surface area (Å²) in [6, 6.07) is 7.52. The molecule has 2 rings (SSSR count). The first-order chi connectivity index (χ1) is 8.72. The number of amides is 1. The Morgan fingerprint density at radius 1 is 1.39 bits per heavy atom. The van der Waals surface area contributed by atoms with Gasteiger partial charge in [-0.25, -0.2) is 0 Å². The molecule has 0 saturated heterocycles. The molecule has 0 saturated carbocycles. The minimum Gasteiger partial charge on any atom is -0.361 e. The first-order valence-electron chi connectivity index (χ1n) is 5.91. The fourth-order valence-electron chi connectivity index (χ4n) is 1.79. The second kappa shape index (κ2) is 5.82. The van der Waals surface area contributed by atoms with E-state index in [1.54, 1.807) is 6.07 Å². The molecule has 0 aliphatic rings. The zero-order chi connectivity index (χ0) is 13.0. The van der Waals surface area contributed by atoms with Crippen molar-refractivity contribution in [1.29, 1.82) is 0 Å². The second-order valence-electron chi connectivity index (χ2n) is 3.94. The van der Waals surface area contributed by atoms with Crippen molar-refractivity contribution in [1.82, 2.24) is 10.3 Å². The molecular weight excluding hydrogens is 248 g/mol. The SMILES string of the molecule is CCS(=O)CCNC(=O)c1cccc2cc[nH]c12. The number of hydrogen-bond acceptors (Lipinski definition) is 2. The monoisotopic (exact) mass is 264 g/mol. The molecule has 96 valence electrons. The Labute approximate surface area is 108 Å². The van der Waals surface area contributed by atoms with Crippen molar-refractivity contribution in [3.63, 3.8) is 0 Å². The third kappa shape index (κ3) is 2.79. The minimum atomic E-state index is -0.842. The Kier molecular flexibility index (Phi) is 4.15. The predicted molar refractivity (Wildman–Crippen MR) is 74.2 cm³/mol. The van der Waals surface area contributed by atoms with Crippen molar-refractivity contribution in [2.45, 2.75) is 6.92 Å². The first kappa shape index (κ1) is 12.8. The second-order valence-corrected chi connectivity index (χ2v) is 5.80. The number of para-hydroxylation sites is 1. The summed E-state index contributed by atoms with van der Waals surface area (Å²) in [5.74, 6) is 1.00. The van der Waals surface area contributed by atoms with Crippen LogP contribution in [0.3, 0.4) is 0 Å². The van der Waals surface area contributed by atoms with Crippen molar-refractivity contribution in [2.75, 3.05) is 18.1 Å². The van der Waals surface area contributed by atoms with Gasteiger partial charge in [0, 0.05) is 40.4 Å². The predicted octanol–water partition coefficient (Wildman–Crippen LogP) is 1.67. The van der Waals surface area contributed by atoms with Crippen molar-refractivity contribution in [3.8, 4) is 0 Å². The highest BCUT2D eigenvalue weighted by molar-refractivity contribution is 7.84. The van der Waals surface area contributed by atoms with Crippen LogP contribution in [-0.4, -0.2) is 33.2 Å². The number of carbonyl (C=O) groups excluding carboxylic acids is 1. The largest absolute Gasteiger partial charge is 0.361 e. The van der Waals surface area contributed by atoms with E-state index in [1.807, 2.05) is 31.3 Å². The summed E-state index contributed by atoms with van der Waals surface area (Å²) < 4.78 is 11.3. The van der Waals surface area contributed by atoms with Crippen LogP contribution >= 0.6 is 0 Å². The van der Waals surface area contributed by atoms with Gasteiger partial charge in [0.25, 0.3) is 5.91 Å². The molecule has 0 bridgehead atoms. The van der Waals surface area contributed by atoms with Crippen LogP contribution in [0.25, 0.3) is 10.9 Å². The van der Waals surface area contributed by atoms with Gasteiger partial charge in [-0.1, -0.05) is 19.1 Å². The van der Waals surface area contributed by atoms with Crippen LogP contribution in [0, 0.1) is 0 Å². The summed E-state index contributed by atoms with van der Waals surface area (Å²) in [5, 5.41) is 3.81. The number of fused-ring (bicyclic) bond motifs is 1. The maximum Gasteiger partial charge on any atom is 0.253 e. The van der Waals surface area contributed by atoms with Gasteiger partial charge in [-0.2, -0.15) is 0 Å². The van der Waals surface area contributed by atoms with Crippen LogP contribution in [-0.2, 0) is 10.8 Å². The minimum absolute atomic E-state index is 0.129. The van der Waals surface area contributed by atoms with Gasteiger partial charge in [0.1, 0.15) is 0 Å². The Balaban J connectivity index is 2.05. The number of H-pyrrole nitrogens is 1. The number of rotatable bonds is 5. The van der Waals surface area contributed by atoms with Crippen LogP contribution in [0.4, 0.5) is 0 Å². The standard InChI is InChI=1S/C13H16N2O2S/c1-2-18(17)9-8-15-13(16)11-5-3-4-10-6-7-14-12(10)11/h3-7,14H,2,8-9H2,1H3,(H,15,16). The van der Waals surface area contributed by atoms with E-state index < -0.39 is 10.8 Å². The normalized spacial score (nSPS) is 12.5. The lowest BCUT2D eigenvalue weighted by Gasteiger charge is -2.05. The average molecular weight is 264 g/mol. The van der Waals surface area contributed by atoms with E-state index in [0.717, 1.165) is 10.9 Å². The maximum atomic E-state index is 12.0. The van der Waals surface area contributed by atoms with E-state index >= 15 is 0 Å². The first-order valence-corrected chi connectivity index (χ1v) is 7.40. The Morgan fingerprint density at radius 2 is 2.22 bits per heavy atom. The summed E-state index contributed by atoms with van der Waals surface area (Å²) in [5.41, 5.74) is 1.46. The average Bonchev–Trinajstić information content (AvgIpc) is 2.86. The molecule has 0 aliphatic carbocycles. The van der Waals surface area contributed by atoms with E-state index in [0.29, 0.717) is 23.6 Å². The van der Waals surface area contributed by atoms with Crippen LogP contribution in [0.1, 0.15) is 17.3 Å². The molecule has 1 amide bonds. The van der Waals surface area contributed by atoms with Crippen molar-refractivity contribution >= 4 is 27.6 Å². The van der Waals surface area contributed by atoms with Crippen molar-refractivity contribution in [3.05, 3.63) is 36.0 Å². The van der Waals surface area contributed by atoms with Crippen LogP contribution < -0.4 is 5.32 Å². The Morgan fingerprint density at radius 3 is 3.00 bits per heavy atom. The van der Waals surface area contributed by atoms with Gasteiger partial charge in [-0.15, -0.1) is 0 Å². The lowest BCUT2D eigenvalue weighted by molar-refractivity contribution is 0.0957. The van der Waals surface area contributed by atoms with E-state index in [4.69, 9.17) is 0 Å². The zero-order valence-electron chi connectivity index (χ0n) is 10.2. The summed E-state index contributed by atoms with van der Waals surface area (Å²) in [4.78, 5) is 15.1. The van der Waals surface area contributed by atoms with Crippen molar-refractivity contribution in [2.24, 2.45) is 0 Å². The van der Waals surface area contributed by atoms with Crippen molar-refractivity contribution < 1.29 is 9.00 Å². The molecule has 2 N–H and O–H groups in total. The summed E-state index contributed by atoms with van der Waals surface area (Å²) in [6.45, 7) is 2.31. The number of carbonyl (C=O) groups is 1. The Bertz CT molecular complexity index is 577. The molecule has 2 aromatic rings. The number of aromatic amines is 1. The number of aromatic nitrogens is 1. The molecule has 1 atom stereocenters. The molecule has 1 unspecified atom stereocenters. The lowest BCUT2D eigenvalue weighted by atomic mass is 10.1. The van der Waals surface area contributed by atoms with E-state index in [-0.39, 0.29) is 5.91 Å². The molecule has 0 fully saturated rings. The number of hydrogen-bond donors (Lipinski definition) is 2. The number of benzene rings is 1. The topological polar surface area (TPSA) is 62.0 Å². The fraction of sp³-hybridized carbons (Fsp3) is 0.308.